The van der Waals surface area contributed by atoms with Gasteiger partial charge in [-0.15, -0.1) is 11.8 Å². The molecule has 0 fully saturated rings. The van der Waals surface area contributed by atoms with Gasteiger partial charge in [0.15, 0.2) is 0 Å². The van der Waals surface area contributed by atoms with Crippen LogP contribution in [0.5, 0.6) is 0 Å². The average Bonchev–Trinajstić information content (AvgIpc) is 2.75. The summed E-state index contributed by atoms with van der Waals surface area (Å²) in [7, 11) is 2.10. The van der Waals surface area contributed by atoms with Crippen molar-refractivity contribution in [3.63, 3.8) is 0 Å². The van der Waals surface area contributed by atoms with Crippen molar-refractivity contribution in [2.24, 2.45) is 0 Å². The molecule has 3 nitrogen and oxygen atoms in total. The molecule has 6 heteroatoms. The molecule has 1 aromatic heterocycles. The van der Waals surface area contributed by atoms with Crippen LogP contribution in [0, 0.1) is 0 Å². The number of halogens is 1. The summed E-state index contributed by atoms with van der Waals surface area (Å²) in [6.45, 7) is 1.69. The number of rotatable bonds is 4. The molecule has 88 valence electrons. The molecule has 0 radical (unpaired) electrons. The lowest BCUT2D eigenvalue weighted by atomic mass is 10.1. The van der Waals surface area contributed by atoms with Crippen LogP contribution >= 0.6 is 23.5 Å². The second-order valence-corrected chi connectivity index (χ2v) is 5.31. The largest absolute Gasteiger partial charge is 0.302 e. The van der Waals surface area contributed by atoms with Gasteiger partial charge >= 0.3 is 0 Å². The fourth-order valence-corrected chi connectivity index (χ4v) is 3.03. The average molecular weight is 259 g/mol. The summed E-state index contributed by atoms with van der Waals surface area (Å²) in [5.74, 6) is 0.464. The maximum absolute atomic E-state index is 12.1. The second kappa shape index (κ2) is 5.75. The van der Waals surface area contributed by atoms with E-state index >= 15 is 0 Å². The maximum atomic E-state index is 12.1. The summed E-state index contributed by atoms with van der Waals surface area (Å²) in [6.07, 6.45) is 3.20. The first-order valence-electron chi connectivity index (χ1n) is 5.20. The van der Waals surface area contributed by atoms with Crippen molar-refractivity contribution in [2.75, 3.05) is 32.6 Å². The number of nitrogens with zero attached hydrogens (tertiary/aromatic N) is 3. The Labute approximate surface area is 103 Å². The lowest BCUT2D eigenvalue weighted by Crippen LogP contribution is -2.23. The van der Waals surface area contributed by atoms with Gasteiger partial charge in [-0.2, -0.15) is 8.75 Å². The van der Waals surface area contributed by atoms with Crippen molar-refractivity contribution in [3.8, 4) is 0 Å². The van der Waals surface area contributed by atoms with Crippen LogP contribution in [0.15, 0.2) is 11.1 Å². The lowest BCUT2D eigenvalue weighted by molar-refractivity contribution is 0.369. The molecule has 0 amide bonds. The predicted octanol–water partition coefficient (Wildman–Crippen LogP) is 2.32. The molecule has 0 saturated carbocycles. The van der Waals surface area contributed by atoms with Crippen molar-refractivity contribution >= 4 is 29.1 Å². The second-order valence-electron chi connectivity index (χ2n) is 3.70. The monoisotopic (exact) mass is 259 g/mol. The van der Waals surface area contributed by atoms with Gasteiger partial charge < -0.3 is 4.90 Å². The van der Waals surface area contributed by atoms with Crippen molar-refractivity contribution in [1.29, 1.82) is 0 Å². The van der Waals surface area contributed by atoms with Crippen LogP contribution in [0.1, 0.15) is 12.1 Å². The molecule has 0 aliphatic carbocycles. The highest BCUT2D eigenvalue weighted by Crippen LogP contribution is 2.29. The quantitative estimate of drug-likeness (QED) is 0.776. The highest BCUT2D eigenvalue weighted by molar-refractivity contribution is 7.99. The molecule has 1 aromatic rings. The van der Waals surface area contributed by atoms with Gasteiger partial charge in [-0.05, 0) is 19.0 Å². The molecule has 2 heterocycles. The standard InChI is InChI=1S/C10H14FN3S2/c1-14-5-2-8(3-6-14)9-10(13-16-12-9)15-7-4-11/h2H,3-7H2,1H3. The van der Waals surface area contributed by atoms with Crippen LogP contribution in [0.25, 0.3) is 5.57 Å². The third-order valence-electron chi connectivity index (χ3n) is 2.49. The summed E-state index contributed by atoms with van der Waals surface area (Å²) in [4.78, 5) is 2.26. The van der Waals surface area contributed by atoms with E-state index in [9.17, 15) is 4.39 Å². The zero-order chi connectivity index (χ0) is 11.4. The van der Waals surface area contributed by atoms with Gasteiger partial charge in [0.25, 0.3) is 0 Å². The first-order chi connectivity index (χ1) is 7.81. The Balaban J connectivity index is 2.11. The van der Waals surface area contributed by atoms with Crippen LogP contribution in [0.2, 0.25) is 0 Å². The summed E-state index contributed by atoms with van der Waals surface area (Å²) < 4.78 is 20.7. The van der Waals surface area contributed by atoms with Crippen LogP contribution in [-0.2, 0) is 0 Å². The third kappa shape index (κ3) is 2.81. The van der Waals surface area contributed by atoms with E-state index in [0.29, 0.717) is 5.75 Å². The van der Waals surface area contributed by atoms with E-state index in [2.05, 4.69) is 26.8 Å². The van der Waals surface area contributed by atoms with E-state index in [1.54, 1.807) is 0 Å². The van der Waals surface area contributed by atoms with Gasteiger partial charge in [0.2, 0.25) is 0 Å². The zero-order valence-corrected chi connectivity index (χ0v) is 10.8. The van der Waals surface area contributed by atoms with E-state index < -0.39 is 0 Å². The number of hydrogen-bond donors (Lipinski definition) is 0. The summed E-state index contributed by atoms with van der Waals surface area (Å²) in [5.41, 5.74) is 2.23. The summed E-state index contributed by atoms with van der Waals surface area (Å²) in [5, 5.41) is 0.887. The van der Waals surface area contributed by atoms with Gasteiger partial charge in [-0.3, -0.25) is 4.39 Å². The SMILES string of the molecule is CN1CC=C(c2nsnc2SCCF)CC1. The van der Waals surface area contributed by atoms with E-state index in [1.807, 2.05) is 0 Å². The van der Waals surface area contributed by atoms with E-state index in [-0.39, 0.29) is 6.67 Å². The van der Waals surface area contributed by atoms with E-state index in [1.165, 1.54) is 29.1 Å². The van der Waals surface area contributed by atoms with Crippen LogP contribution in [0.4, 0.5) is 4.39 Å². The van der Waals surface area contributed by atoms with Crippen LogP contribution in [-0.4, -0.2) is 46.2 Å². The Kier molecular flexibility index (Phi) is 4.31. The molecular formula is C10H14FN3S2. The fraction of sp³-hybridized carbons (Fsp3) is 0.600. The third-order valence-corrected chi connectivity index (χ3v) is 4.05. The zero-order valence-electron chi connectivity index (χ0n) is 9.15. The molecule has 2 rings (SSSR count). The first kappa shape index (κ1) is 12.0. The number of thioether (sulfide) groups is 1. The number of hydrogen-bond acceptors (Lipinski definition) is 5. The normalized spacial score (nSPS) is 17.5. The van der Waals surface area contributed by atoms with Gasteiger partial charge in [-0.25, -0.2) is 0 Å². The number of alkyl halides is 1. The van der Waals surface area contributed by atoms with Gasteiger partial charge in [0, 0.05) is 18.8 Å². The minimum atomic E-state index is -0.316. The Bertz CT molecular complexity index is 378. The van der Waals surface area contributed by atoms with E-state index in [4.69, 9.17) is 0 Å². The number of aromatic nitrogens is 2. The minimum Gasteiger partial charge on any atom is -0.302 e. The molecular weight excluding hydrogens is 245 g/mol. The molecule has 1 aliphatic heterocycles. The van der Waals surface area contributed by atoms with Crippen LogP contribution < -0.4 is 0 Å². The van der Waals surface area contributed by atoms with Gasteiger partial charge in [0.1, 0.15) is 10.7 Å². The van der Waals surface area contributed by atoms with Crippen molar-refractivity contribution in [1.82, 2.24) is 13.6 Å². The van der Waals surface area contributed by atoms with Gasteiger partial charge in [0.05, 0.1) is 18.4 Å². The Morgan fingerprint density at radius 3 is 3.12 bits per heavy atom. The molecule has 0 saturated heterocycles. The Morgan fingerprint density at radius 2 is 2.44 bits per heavy atom. The molecule has 1 aliphatic rings. The summed E-state index contributed by atoms with van der Waals surface area (Å²) >= 11 is 2.67. The fourth-order valence-electron chi connectivity index (χ4n) is 1.59. The molecule has 0 unspecified atom stereocenters. The maximum Gasteiger partial charge on any atom is 0.138 e. The molecule has 0 N–H and O–H groups in total. The lowest BCUT2D eigenvalue weighted by Gasteiger charge is -2.21. The minimum absolute atomic E-state index is 0.316. The highest BCUT2D eigenvalue weighted by Gasteiger charge is 2.16. The molecule has 0 aromatic carbocycles. The molecule has 16 heavy (non-hydrogen) atoms. The van der Waals surface area contributed by atoms with Crippen molar-refractivity contribution in [2.45, 2.75) is 11.4 Å². The number of likely N-dealkylation sites (N-methyl/N-ethyl adjacent to an activating group) is 1. The topological polar surface area (TPSA) is 29.0 Å². The van der Waals surface area contributed by atoms with Crippen molar-refractivity contribution < 1.29 is 4.39 Å². The van der Waals surface area contributed by atoms with Crippen molar-refractivity contribution in [3.05, 3.63) is 11.8 Å². The Hall–Kier alpha value is -0.460. The van der Waals surface area contributed by atoms with Crippen LogP contribution in [0.3, 0.4) is 0 Å². The van der Waals surface area contributed by atoms with Gasteiger partial charge in [-0.1, -0.05) is 6.08 Å². The highest BCUT2D eigenvalue weighted by atomic mass is 32.2. The molecule has 0 bridgehead atoms. The predicted molar refractivity (Wildman–Crippen MR) is 66.7 cm³/mol. The smallest absolute Gasteiger partial charge is 0.138 e. The molecule has 0 spiro atoms. The Morgan fingerprint density at radius 1 is 1.56 bits per heavy atom. The summed E-state index contributed by atoms with van der Waals surface area (Å²) in [6, 6.07) is 0. The van der Waals surface area contributed by atoms with E-state index in [0.717, 1.165) is 30.2 Å². The molecule has 0 atom stereocenters. The first-order valence-corrected chi connectivity index (χ1v) is 6.92.